The number of hydrogen-bond donors (Lipinski definition) is 2. The van der Waals surface area contributed by atoms with Crippen molar-refractivity contribution in [3.63, 3.8) is 0 Å². The fourth-order valence-corrected chi connectivity index (χ4v) is 6.25. The summed E-state index contributed by atoms with van der Waals surface area (Å²) < 4.78 is 29.0. The smallest absolute Gasteiger partial charge is 0.305 e. The Labute approximate surface area is 292 Å². The molecule has 1 fully saturated rings. The average Bonchev–Trinajstić information content (AvgIpc) is 3.73. The molecule has 1 aliphatic heterocycles. The Balaban J connectivity index is 1.17. The van der Waals surface area contributed by atoms with Crippen molar-refractivity contribution in [3.05, 3.63) is 93.5 Å². The van der Waals surface area contributed by atoms with E-state index in [1.807, 2.05) is 48.2 Å². The molecule has 49 heavy (non-hydrogen) atoms. The standard InChI is InChI=1S/C36H35Cl2FN4O6/c1-22-27(37)6-3-8-31(22)48-14-4-9-32(44)43-20-36(11-12-36)21-49-34-25(5-2-7-30(34)43)24-17-41-42(18-24)19-26-28(38)15-23(16-29(26)39)35(47)40-13-10-33(45)46/h2-3,5-8,15-18H,4,9-14,19-21H2,1H3,(H,40,47)(H,45,46). The molecule has 2 aliphatic rings. The van der Waals surface area contributed by atoms with Crippen LogP contribution in [0.25, 0.3) is 11.1 Å². The van der Waals surface area contributed by atoms with Gasteiger partial charge in [0.25, 0.3) is 5.91 Å². The maximum Gasteiger partial charge on any atom is 0.305 e. The number of rotatable bonds is 12. The van der Waals surface area contributed by atoms with E-state index >= 15 is 4.39 Å². The number of aliphatic carboxylic acids is 1. The Morgan fingerprint density at radius 2 is 1.90 bits per heavy atom. The topological polar surface area (TPSA) is 123 Å². The molecule has 0 unspecified atom stereocenters. The van der Waals surface area contributed by atoms with Gasteiger partial charge in [0.15, 0.2) is 5.75 Å². The SMILES string of the molecule is Cc1c(Cl)cccc1OCCCC(=O)N1CC2(CC2)COc2c(-c3cnn(Cc4c(F)cc(C(=O)NCCC(=O)O)cc4Cl)c3)cccc21. The molecular formula is C36H35Cl2FN4O6. The number of carbonyl (C=O) groups is 3. The molecule has 0 atom stereocenters. The van der Waals surface area contributed by atoms with Gasteiger partial charge in [-0.15, -0.1) is 0 Å². The quantitative estimate of drug-likeness (QED) is 0.153. The second kappa shape index (κ2) is 14.5. The Bertz CT molecular complexity index is 1890. The van der Waals surface area contributed by atoms with Gasteiger partial charge in [0.05, 0.1) is 38.1 Å². The highest BCUT2D eigenvalue weighted by molar-refractivity contribution is 6.32. The molecule has 13 heteroatoms. The highest BCUT2D eigenvalue weighted by Crippen LogP contribution is 2.52. The number of ether oxygens (including phenoxy) is 2. The number of nitrogens with one attached hydrogen (secondary N) is 1. The van der Waals surface area contributed by atoms with E-state index in [1.165, 1.54) is 10.7 Å². The molecule has 1 saturated carbocycles. The summed E-state index contributed by atoms with van der Waals surface area (Å²) in [6, 6.07) is 13.6. The third kappa shape index (κ3) is 7.84. The second-order valence-corrected chi connectivity index (χ2v) is 13.3. The zero-order chi connectivity index (χ0) is 34.7. The van der Waals surface area contributed by atoms with E-state index in [1.54, 1.807) is 12.4 Å². The number of carboxylic acids is 1. The summed E-state index contributed by atoms with van der Waals surface area (Å²) >= 11 is 12.6. The molecule has 1 spiro atoms. The predicted molar refractivity (Wildman–Crippen MR) is 183 cm³/mol. The lowest BCUT2D eigenvalue weighted by Gasteiger charge is -2.25. The summed E-state index contributed by atoms with van der Waals surface area (Å²) in [7, 11) is 0. The molecule has 2 heterocycles. The van der Waals surface area contributed by atoms with Gasteiger partial charge in [0.1, 0.15) is 11.6 Å². The van der Waals surface area contributed by atoms with Crippen molar-refractivity contribution in [2.45, 2.75) is 45.6 Å². The first-order valence-electron chi connectivity index (χ1n) is 16.0. The van der Waals surface area contributed by atoms with E-state index in [-0.39, 0.29) is 47.0 Å². The van der Waals surface area contributed by atoms with Crippen LogP contribution in [-0.2, 0) is 16.1 Å². The first kappa shape index (κ1) is 34.3. The zero-order valence-electron chi connectivity index (χ0n) is 26.8. The van der Waals surface area contributed by atoms with Crippen molar-refractivity contribution in [1.82, 2.24) is 15.1 Å². The minimum absolute atomic E-state index is 0.00797. The Morgan fingerprint density at radius 1 is 1.10 bits per heavy atom. The molecule has 2 amide bonds. The number of halogens is 3. The van der Waals surface area contributed by atoms with E-state index in [2.05, 4.69) is 10.4 Å². The lowest BCUT2D eigenvalue weighted by atomic mass is 10.1. The third-order valence-electron chi connectivity index (χ3n) is 8.86. The largest absolute Gasteiger partial charge is 0.493 e. The van der Waals surface area contributed by atoms with Gasteiger partial charge in [-0.2, -0.15) is 5.10 Å². The number of carbonyl (C=O) groups excluding carboxylic acids is 2. The molecule has 6 rings (SSSR count). The van der Waals surface area contributed by atoms with Gasteiger partial charge in [0, 0.05) is 69.0 Å². The fourth-order valence-electron chi connectivity index (χ4n) is 5.82. The number of benzene rings is 3. The summed E-state index contributed by atoms with van der Waals surface area (Å²) in [5.41, 5.74) is 3.06. The number of hydrogen-bond acceptors (Lipinski definition) is 6. The maximum atomic E-state index is 15.2. The fraction of sp³-hybridized carbons (Fsp3) is 0.333. The minimum atomic E-state index is -1.06. The number of amides is 2. The molecule has 0 radical (unpaired) electrons. The highest BCUT2D eigenvalue weighted by atomic mass is 35.5. The van der Waals surface area contributed by atoms with E-state index in [9.17, 15) is 14.4 Å². The summed E-state index contributed by atoms with van der Waals surface area (Å²) in [5.74, 6) is -1.09. The maximum absolute atomic E-state index is 15.2. The number of para-hydroxylation sites is 1. The first-order valence-corrected chi connectivity index (χ1v) is 16.7. The van der Waals surface area contributed by atoms with E-state index < -0.39 is 17.7 Å². The zero-order valence-corrected chi connectivity index (χ0v) is 28.3. The lowest BCUT2D eigenvalue weighted by Crippen LogP contribution is -2.36. The van der Waals surface area contributed by atoms with Gasteiger partial charge in [-0.05, 0) is 56.5 Å². The van der Waals surface area contributed by atoms with Gasteiger partial charge < -0.3 is 24.8 Å². The Morgan fingerprint density at radius 3 is 2.65 bits per heavy atom. The molecule has 4 aromatic rings. The van der Waals surface area contributed by atoms with Crippen molar-refractivity contribution in [1.29, 1.82) is 0 Å². The number of nitrogens with zero attached hydrogens (tertiary/aromatic N) is 3. The molecule has 2 N–H and O–H groups in total. The predicted octanol–water partition coefficient (Wildman–Crippen LogP) is 6.92. The Kier molecular flexibility index (Phi) is 10.1. The molecular weight excluding hydrogens is 674 g/mol. The van der Waals surface area contributed by atoms with E-state index in [4.69, 9.17) is 37.8 Å². The first-order chi connectivity index (χ1) is 23.5. The number of carboxylic acid groups (broad SMARTS) is 1. The number of fused-ring (bicyclic) bond motifs is 1. The van der Waals surface area contributed by atoms with Crippen LogP contribution < -0.4 is 19.7 Å². The number of anilines is 1. The Hall–Kier alpha value is -4.61. The van der Waals surface area contributed by atoms with Gasteiger partial charge >= 0.3 is 5.97 Å². The van der Waals surface area contributed by atoms with Crippen molar-refractivity contribution in [2.24, 2.45) is 5.41 Å². The van der Waals surface area contributed by atoms with Gasteiger partial charge in [-0.1, -0.05) is 41.4 Å². The molecule has 1 aromatic heterocycles. The van der Waals surface area contributed by atoms with Crippen LogP contribution in [0.15, 0.2) is 60.9 Å². The van der Waals surface area contributed by atoms with Gasteiger partial charge in [0.2, 0.25) is 5.91 Å². The molecule has 0 saturated heterocycles. The van der Waals surface area contributed by atoms with Crippen LogP contribution >= 0.6 is 23.2 Å². The molecule has 256 valence electrons. The van der Waals surface area contributed by atoms with Crippen LogP contribution in [0.3, 0.4) is 0 Å². The number of aromatic nitrogens is 2. The molecule has 1 aliphatic carbocycles. The van der Waals surface area contributed by atoms with Crippen molar-refractivity contribution in [3.8, 4) is 22.6 Å². The molecule has 0 bridgehead atoms. The monoisotopic (exact) mass is 708 g/mol. The molecule has 3 aromatic carbocycles. The molecule has 10 nitrogen and oxygen atoms in total. The summed E-state index contributed by atoms with van der Waals surface area (Å²) in [6.45, 7) is 3.23. The summed E-state index contributed by atoms with van der Waals surface area (Å²) in [6.07, 6.45) is 5.93. The van der Waals surface area contributed by atoms with Crippen molar-refractivity contribution >= 4 is 46.7 Å². The van der Waals surface area contributed by atoms with Crippen molar-refractivity contribution < 1.29 is 33.4 Å². The van der Waals surface area contributed by atoms with Crippen LogP contribution in [0.5, 0.6) is 11.5 Å². The van der Waals surface area contributed by atoms with Crippen LogP contribution in [0.2, 0.25) is 10.0 Å². The van der Waals surface area contributed by atoms with Crippen molar-refractivity contribution in [2.75, 3.05) is 31.2 Å². The van der Waals surface area contributed by atoms with E-state index in [0.717, 1.165) is 30.0 Å². The summed E-state index contributed by atoms with van der Waals surface area (Å²) in [5, 5.41) is 16.3. The van der Waals surface area contributed by atoms with E-state index in [0.29, 0.717) is 60.4 Å². The van der Waals surface area contributed by atoms with Crippen LogP contribution in [0.4, 0.5) is 10.1 Å². The van der Waals surface area contributed by atoms with Crippen LogP contribution in [-0.4, -0.2) is 59.0 Å². The highest BCUT2D eigenvalue weighted by Gasteiger charge is 2.48. The van der Waals surface area contributed by atoms with Crippen LogP contribution in [0.1, 0.15) is 53.6 Å². The average molecular weight is 710 g/mol. The van der Waals surface area contributed by atoms with Gasteiger partial charge in [-0.25, -0.2) is 4.39 Å². The van der Waals surface area contributed by atoms with Crippen LogP contribution in [0, 0.1) is 18.2 Å². The normalized spacial score (nSPS) is 14.5. The second-order valence-electron chi connectivity index (χ2n) is 12.5. The minimum Gasteiger partial charge on any atom is -0.493 e. The van der Waals surface area contributed by atoms with Gasteiger partial charge in [-0.3, -0.25) is 19.1 Å². The lowest BCUT2D eigenvalue weighted by molar-refractivity contribution is -0.136. The summed E-state index contributed by atoms with van der Waals surface area (Å²) in [4.78, 5) is 38.6. The third-order valence-corrected chi connectivity index (χ3v) is 9.61.